The van der Waals surface area contributed by atoms with Gasteiger partial charge in [0.25, 0.3) is 0 Å². The van der Waals surface area contributed by atoms with Gasteiger partial charge in [-0.1, -0.05) is 24.3 Å². The maximum absolute atomic E-state index is 12.6. The Morgan fingerprint density at radius 1 is 1.15 bits per heavy atom. The van der Waals surface area contributed by atoms with E-state index in [2.05, 4.69) is 27.3 Å². The summed E-state index contributed by atoms with van der Waals surface area (Å²) in [4.78, 5) is 19.2. The summed E-state index contributed by atoms with van der Waals surface area (Å²) in [6, 6.07) is 14.2. The summed E-state index contributed by atoms with van der Waals surface area (Å²) in [7, 11) is 0. The molecule has 140 valence electrons. The lowest BCUT2D eigenvalue weighted by Crippen LogP contribution is -2.44. The Bertz CT molecular complexity index is 887. The van der Waals surface area contributed by atoms with Crippen LogP contribution in [0.5, 0.6) is 0 Å². The number of hydrogen-bond acceptors (Lipinski definition) is 4. The van der Waals surface area contributed by atoms with Gasteiger partial charge in [0.05, 0.1) is 19.3 Å². The Balaban J connectivity index is 1.43. The number of nitrogens with one attached hydrogen (secondary N) is 1. The molecule has 0 saturated carbocycles. The zero-order valence-corrected chi connectivity index (χ0v) is 15.3. The van der Waals surface area contributed by atoms with E-state index in [4.69, 9.17) is 4.74 Å². The van der Waals surface area contributed by atoms with E-state index in [1.165, 1.54) is 0 Å². The van der Waals surface area contributed by atoms with Crippen molar-refractivity contribution in [2.24, 2.45) is 0 Å². The molecule has 2 aromatic heterocycles. The molecule has 1 saturated heterocycles. The zero-order valence-electron chi connectivity index (χ0n) is 15.3. The molecule has 3 heterocycles. The molecular formula is C21H24N4O2. The van der Waals surface area contributed by atoms with E-state index in [0.717, 1.165) is 42.8 Å². The Morgan fingerprint density at radius 2 is 2.00 bits per heavy atom. The highest BCUT2D eigenvalue weighted by atomic mass is 16.5. The summed E-state index contributed by atoms with van der Waals surface area (Å²) in [5, 5.41) is 4.26. The first-order chi connectivity index (χ1) is 13.3. The molecule has 6 heteroatoms. The number of rotatable bonds is 6. The normalized spacial score (nSPS) is 16.3. The van der Waals surface area contributed by atoms with Gasteiger partial charge in [0.2, 0.25) is 5.91 Å². The van der Waals surface area contributed by atoms with Crippen LogP contribution in [0.1, 0.15) is 11.6 Å². The van der Waals surface area contributed by atoms with Gasteiger partial charge in [0.1, 0.15) is 6.54 Å². The number of aromatic nitrogens is 2. The van der Waals surface area contributed by atoms with Gasteiger partial charge < -0.3 is 14.6 Å². The van der Waals surface area contributed by atoms with Crippen LogP contribution in [0.4, 0.5) is 0 Å². The quantitative estimate of drug-likeness (QED) is 0.729. The zero-order chi connectivity index (χ0) is 18.5. The Kier molecular flexibility index (Phi) is 5.46. The van der Waals surface area contributed by atoms with Crippen LogP contribution < -0.4 is 5.32 Å². The number of amides is 1. The van der Waals surface area contributed by atoms with Crippen molar-refractivity contribution < 1.29 is 9.53 Å². The van der Waals surface area contributed by atoms with Crippen LogP contribution in [0.2, 0.25) is 0 Å². The van der Waals surface area contributed by atoms with E-state index in [0.29, 0.717) is 13.1 Å². The van der Waals surface area contributed by atoms with Crippen LogP contribution in [-0.2, 0) is 16.1 Å². The van der Waals surface area contributed by atoms with Gasteiger partial charge >= 0.3 is 0 Å². The van der Waals surface area contributed by atoms with Gasteiger partial charge in [-0.3, -0.25) is 14.7 Å². The second-order valence-electron chi connectivity index (χ2n) is 6.76. The molecule has 0 aliphatic carbocycles. The third kappa shape index (κ3) is 4.18. The molecule has 1 aliphatic rings. The van der Waals surface area contributed by atoms with E-state index in [-0.39, 0.29) is 11.9 Å². The summed E-state index contributed by atoms with van der Waals surface area (Å²) in [6.07, 6.45) is 5.62. The summed E-state index contributed by atoms with van der Waals surface area (Å²) in [5.41, 5.74) is 2.19. The molecule has 6 nitrogen and oxygen atoms in total. The predicted molar refractivity (Wildman–Crippen MR) is 104 cm³/mol. The number of fused-ring (bicyclic) bond motifs is 1. The topological polar surface area (TPSA) is 59.4 Å². The molecule has 3 aromatic rings. The molecule has 1 aliphatic heterocycles. The minimum Gasteiger partial charge on any atom is -0.379 e. The van der Waals surface area contributed by atoms with Crippen molar-refractivity contribution in [3.05, 3.63) is 66.6 Å². The molecule has 0 unspecified atom stereocenters. The van der Waals surface area contributed by atoms with Crippen molar-refractivity contribution in [1.82, 2.24) is 19.8 Å². The van der Waals surface area contributed by atoms with Crippen LogP contribution in [0.3, 0.4) is 0 Å². The summed E-state index contributed by atoms with van der Waals surface area (Å²) in [5.74, 6) is 0.0125. The number of hydrogen-bond donors (Lipinski definition) is 1. The summed E-state index contributed by atoms with van der Waals surface area (Å²) < 4.78 is 7.46. The first-order valence-corrected chi connectivity index (χ1v) is 9.33. The number of morpholine rings is 1. The second kappa shape index (κ2) is 8.33. The lowest BCUT2D eigenvalue weighted by atomic mass is 10.1. The molecule has 27 heavy (non-hydrogen) atoms. The van der Waals surface area contributed by atoms with Crippen molar-refractivity contribution in [3.63, 3.8) is 0 Å². The van der Waals surface area contributed by atoms with Crippen molar-refractivity contribution >= 4 is 16.8 Å². The molecule has 1 fully saturated rings. The SMILES string of the molecule is O=C(Cn1ccc2ccccc21)NC[C@@H](c1cccnc1)N1CCOCC1. The Hall–Kier alpha value is -2.70. The molecule has 0 spiro atoms. The first-order valence-electron chi connectivity index (χ1n) is 9.33. The maximum atomic E-state index is 12.6. The standard InChI is InChI=1S/C21H24N4O2/c26-21(16-25-9-7-17-4-1-2-6-19(17)25)23-15-20(18-5-3-8-22-14-18)24-10-12-27-13-11-24/h1-9,14,20H,10-13,15-16H2,(H,23,26)/t20-/m0/s1. The monoisotopic (exact) mass is 364 g/mol. The van der Waals surface area contributed by atoms with Gasteiger partial charge in [-0.05, 0) is 29.1 Å². The third-order valence-corrected chi connectivity index (χ3v) is 5.04. The van der Waals surface area contributed by atoms with E-state index >= 15 is 0 Å². The molecule has 0 bridgehead atoms. The molecule has 1 atom stereocenters. The van der Waals surface area contributed by atoms with Crippen molar-refractivity contribution in [2.75, 3.05) is 32.8 Å². The molecule has 1 amide bonds. The average molecular weight is 364 g/mol. The number of nitrogens with zero attached hydrogens (tertiary/aromatic N) is 3. The van der Waals surface area contributed by atoms with Crippen LogP contribution >= 0.6 is 0 Å². The third-order valence-electron chi connectivity index (χ3n) is 5.04. The van der Waals surface area contributed by atoms with Crippen molar-refractivity contribution in [1.29, 1.82) is 0 Å². The van der Waals surface area contributed by atoms with E-state index in [9.17, 15) is 4.79 Å². The smallest absolute Gasteiger partial charge is 0.240 e. The number of para-hydroxylation sites is 1. The van der Waals surface area contributed by atoms with Gasteiger partial charge in [-0.2, -0.15) is 0 Å². The number of carbonyl (C=O) groups excluding carboxylic acids is 1. The van der Waals surface area contributed by atoms with Crippen molar-refractivity contribution in [2.45, 2.75) is 12.6 Å². The molecule has 1 N–H and O–H groups in total. The number of ether oxygens (including phenoxy) is 1. The largest absolute Gasteiger partial charge is 0.379 e. The lowest BCUT2D eigenvalue weighted by Gasteiger charge is -2.34. The fourth-order valence-electron chi connectivity index (χ4n) is 3.62. The van der Waals surface area contributed by atoms with Gasteiger partial charge in [0, 0.05) is 43.7 Å². The highest BCUT2D eigenvalue weighted by Crippen LogP contribution is 2.20. The molecular weight excluding hydrogens is 340 g/mol. The fourth-order valence-corrected chi connectivity index (χ4v) is 3.62. The predicted octanol–water partition coefficient (Wildman–Crippen LogP) is 2.23. The molecule has 0 radical (unpaired) electrons. The summed E-state index contributed by atoms with van der Waals surface area (Å²) >= 11 is 0. The van der Waals surface area contributed by atoms with E-state index in [1.807, 2.05) is 47.3 Å². The van der Waals surface area contributed by atoms with Crippen LogP contribution in [-0.4, -0.2) is 53.2 Å². The number of pyridine rings is 1. The van der Waals surface area contributed by atoms with Crippen LogP contribution in [0, 0.1) is 0 Å². The van der Waals surface area contributed by atoms with E-state index < -0.39 is 0 Å². The maximum Gasteiger partial charge on any atom is 0.240 e. The number of carbonyl (C=O) groups is 1. The fraction of sp³-hybridized carbons (Fsp3) is 0.333. The second-order valence-corrected chi connectivity index (χ2v) is 6.76. The van der Waals surface area contributed by atoms with E-state index in [1.54, 1.807) is 6.20 Å². The molecule has 1 aromatic carbocycles. The average Bonchev–Trinajstić information content (AvgIpc) is 3.13. The minimum absolute atomic E-state index is 0.0125. The highest BCUT2D eigenvalue weighted by Gasteiger charge is 2.23. The summed E-state index contributed by atoms with van der Waals surface area (Å²) in [6.45, 7) is 4.04. The van der Waals surface area contributed by atoms with Crippen molar-refractivity contribution in [3.8, 4) is 0 Å². The lowest BCUT2D eigenvalue weighted by molar-refractivity contribution is -0.122. The van der Waals surface area contributed by atoms with Gasteiger partial charge in [-0.25, -0.2) is 0 Å². The van der Waals surface area contributed by atoms with Crippen LogP contribution in [0.25, 0.3) is 10.9 Å². The highest BCUT2D eigenvalue weighted by molar-refractivity contribution is 5.83. The minimum atomic E-state index is 0.0125. The van der Waals surface area contributed by atoms with Gasteiger partial charge in [0.15, 0.2) is 0 Å². The Morgan fingerprint density at radius 3 is 2.81 bits per heavy atom. The first kappa shape index (κ1) is 17.7. The molecule has 4 rings (SSSR count). The van der Waals surface area contributed by atoms with Gasteiger partial charge in [-0.15, -0.1) is 0 Å². The van der Waals surface area contributed by atoms with Crippen LogP contribution in [0.15, 0.2) is 61.1 Å². The number of benzene rings is 1. The Labute approximate surface area is 158 Å².